The lowest BCUT2D eigenvalue weighted by molar-refractivity contribution is -0.116. The Kier molecular flexibility index (Phi) is 6.90. The number of hydrogen-bond donors (Lipinski definition) is 3. The maximum absolute atomic E-state index is 12.6. The molecule has 0 aliphatic rings. The van der Waals surface area contributed by atoms with Crippen molar-refractivity contribution in [2.75, 3.05) is 6.54 Å². The van der Waals surface area contributed by atoms with Crippen molar-refractivity contribution in [2.24, 2.45) is 10.2 Å². The summed E-state index contributed by atoms with van der Waals surface area (Å²) in [5, 5.41) is 31.0. The summed E-state index contributed by atoms with van der Waals surface area (Å²) >= 11 is 0. The van der Waals surface area contributed by atoms with Crippen molar-refractivity contribution >= 4 is 23.1 Å². The van der Waals surface area contributed by atoms with E-state index >= 15 is 0 Å². The topological polar surface area (TPSA) is 111 Å². The molecule has 1 amide bonds. The first-order valence-electron chi connectivity index (χ1n) is 9.54. The molecule has 3 rings (SSSR count). The van der Waals surface area contributed by atoms with Crippen LogP contribution < -0.4 is 5.32 Å². The molecule has 0 saturated carbocycles. The van der Waals surface area contributed by atoms with Gasteiger partial charge in [0, 0.05) is 18.2 Å². The highest BCUT2D eigenvalue weighted by molar-refractivity contribution is 6.11. The van der Waals surface area contributed by atoms with Gasteiger partial charge in [-0.2, -0.15) is 5.11 Å². The standard InChI is InChI=1S/C24H21N3O4/c1-2-23(30)25-13-12-16-8-10-18(11-9-16)26-27-20-14-19(21(28)15-22(20)29)24(31)17-6-4-3-5-7-17/h2-11,14-15,28-29H,1,12-13H2,(H,25,30)/b27-26+. The Balaban J connectivity index is 1.74. The molecule has 7 heteroatoms. The van der Waals surface area contributed by atoms with Gasteiger partial charge in [0.2, 0.25) is 5.91 Å². The molecule has 0 aliphatic carbocycles. The molecule has 0 fully saturated rings. The molecule has 3 N–H and O–H groups in total. The number of carbonyl (C=O) groups excluding carboxylic acids is 2. The number of ketones is 1. The van der Waals surface area contributed by atoms with Crippen molar-refractivity contribution in [3.8, 4) is 11.5 Å². The third-order valence-electron chi connectivity index (χ3n) is 4.48. The number of hydrogen-bond acceptors (Lipinski definition) is 6. The monoisotopic (exact) mass is 415 g/mol. The zero-order valence-corrected chi connectivity index (χ0v) is 16.7. The predicted molar refractivity (Wildman–Crippen MR) is 117 cm³/mol. The van der Waals surface area contributed by atoms with Gasteiger partial charge in [-0.3, -0.25) is 9.59 Å². The molecule has 0 heterocycles. The van der Waals surface area contributed by atoms with Gasteiger partial charge in [-0.1, -0.05) is 49.0 Å². The van der Waals surface area contributed by atoms with Gasteiger partial charge in [0.15, 0.2) is 5.78 Å². The second kappa shape index (κ2) is 9.98. The molecule has 0 aromatic heterocycles. The lowest BCUT2D eigenvalue weighted by Gasteiger charge is -2.07. The molecule has 0 unspecified atom stereocenters. The van der Waals surface area contributed by atoms with Gasteiger partial charge in [-0.25, -0.2) is 0 Å². The number of benzene rings is 3. The number of carbonyl (C=O) groups is 2. The molecule has 0 saturated heterocycles. The van der Waals surface area contributed by atoms with E-state index in [1.165, 1.54) is 12.1 Å². The van der Waals surface area contributed by atoms with Gasteiger partial charge >= 0.3 is 0 Å². The molecule has 7 nitrogen and oxygen atoms in total. The number of amides is 1. The van der Waals surface area contributed by atoms with E-state index < -0.39 is 0 Å². The summed E-state index contributed by atoms with van der Waals surface area (Å²) in [4.78, 5) is 23.8. The molecule has 0 spiro atoms. The van der Waals surface area contributed by atoms with Gasteiger partial charge in [0.25, 0.3) is 0 Å². The molecular formula is C24H21N3O4. The van der Waals surface area contributed by atoms with Crippen LogP contribution in [0.2, 0.25) is 0 Å². The first-order chi connectivity index (χ1) is 15.0. The molecule has 3 aromatic carbocycles. The highest BCUT2D eigenvalue weighted by Gasteiger charge is 2.16. The fourth-order valence-electron chi connectivity index (χ4n) is 2.82. The van der Waals surface area contributed by atoms with Crippen molar-refractivity contribution < 1.29 is 19.8 Å². The van der Waals surface area contributed by atoms with Crippen LogP contribution in [0.15, 0.2) is 89.6 Å². The second-order valence-corrected chi connectivity index (χ2v) is 6.66. The zero-order valence-electron chi connectivity index (χ0n) is 16.7. The summed E-state index contributed by atoms with van der Waals surface area (Å²) in [6, 6.07) is 18.1. The molecule has 0 atom stereocenters. The van der Waals surface area contributed by atoms with E-state index in [0.29, 0.717) is 24.2 Å². The van der Waals surface area contributed by atoms with E-state index in [9.17, 15) is 19.8 Å². The van der Waals surface area contributed by atoms with E-state index in [4.69, 9.17) is 0 Å². The Morgan fingerprint density at radius 3 is 2.32 bits per heavy atom. The van der Waals surface area contributed by atoms with Crippen LogP contribution in [-0.4, -0.2) is 28.4 Å². The van der Waals surface area contributed by atoms with Gasteiger partial charge in [-0.15, -0.1) is 5.11 Å². The summed E-state index contributed by atoms with van der Waals surface area (Å²) in [6.07, 6.45) is 1.88. The maximum atomic E-state index is 12.6. The lowest BCUT2D eigenvalue weighted by Crippen LogP contribution is -2.23. The van der Waals surface area contributed by atoms with Crippen LogP contribution in [0, 0.1) is 0 Å². The normalized spacial score (nSPS) is 10.7. The second-order valence-electron chi connectivity index (χ2n) is 6.66. The number of nitrogens with one attached hydrogen (secondary N) is 1. The van der Waals surface area contributed by atoms with Crippen LogP contribution in [0.5, 0.6) is 11.5 Å². The maximum Gasteiger partial charge on any atom is 0.243 e. The number of phenolic OH excluding ortho intramolecular Hbond substituents is 2. The van der Waals surface area contributed by atoms with Crippen LogP contribution >= 0.6 is 0 Å². The Bertz CT molecular complexity index is 1120. The SMILES string of the molecule is C=CC(=O)NCCc1ccc(/N=N/c2cc(C(=O)c3ccccc3)c(O)cc2O)cc1. The lowest BCUT2D eigenvalue weighted by atomic mass is 10.0. The molecule has 156 valence electrons. The van der Waals surface area contributed by atoms with Gasteiger partial charge < -0.3 is 15.5 Å². The van der Waals surface area contributed by atoms with Gasteiger partial charge in [0.05, 0.1) is 11.3 Å². The smallest absolute Gasteiger partial charge is 0.243 e. The fourth-order valence-corrected chi connectivity index (χ4v) is 2.82. The summed E-state index contributed by atoms with van der Waals surface area (Å²) in [5.41, 5.74) is 2.04. The molecule has 0 bridgehead atoms. The number of phenols is 2. The van der Waals surface area contributed by atoms with Gasteiger partial charge in [-0.05, 0) is 36.3 Å². The van der Waals surface area contributed by atoms with Crippen LogP contribution in [0.4, 0.5) is 11.4 Å². The van der Waals surface area contributed by atoms with Crippen LogP contribution in [-0.2, 0) is 11.2 Å². The molecule has 0 radical (unpaired) electrons. The summed E-state index contributed by atoms with van der Waals surface area (Å²) in [6.45, 7) is 3.89. The van der Waals surface area contributed by atoms with E-state index in [0.717, 1.165) is 11.6 Å². The Hall–Kier alpha value is -4.26. The molecule has 0 aliphatic heterocycles. The number of nitrogens with zero attached hydrogens (tertiary/aromatic N) is 2. The Morgan fingerprint density at radius 1 is 0.935 bits per heavy atom. The third-order valence-corrected chi connectivity index (χ3v) is 4.48. The van der Waals surface area contributed by atoms with Crippen molar-refractivity contribution in [3.63, 3.8) is 0 Å². The largest absolute Gasteiger partial charge is 0.507 e. The van der Waals surface area contributed by atoms with E-state index in [1.807, 2.05) is 12.1 Å². The minimum atomic E-state index is -0.387. The third kappa shape index (κ3) is 5.63. The minimum absolute atomic E-state index is 0.0230. The first-order valence-corrected chi connectivity index (χ1v) is 9.54. The summed E-state index contributed by atoms with van der Waals surface area (Å²) < 4.78 is 0. The van der Waals surface area contributed by atoms with Crippen LogP contribution in [0.25, 0.3) is 0 Å². The van der Waals surface area contributed by atoms with Crippen molar-refractivity contribution in [1.82, 2.24) is 5.32 Å². The predicted octanol–water partition coefficient (Wildman–Crippen LogP) is 4.59. The van der Waals surface area contributed by atoms with E-state index in [2.05, 4.69) is 22.1 Å². The van der Waals surface area contributed by atoms with Crippen molar-refractivity contribution in [1.29, 1.82) is 0 Å². The summed E-state index contributed by atoms with van der Waals surface area (Å²) in [7, 11) is 0. The Labute approximate surface area is 179 Å². The average Bonchev–Trinajstić information content (AvgIpc) is 2.79. The number of rotatable bonds is 8. The van der Waals surface area contributed by atoms with Crippen molar-refractivity contribution in [3.05, 3.63) is 96.1 Å². The van der Waals surface area contributed by atoms with Crippen LogP contribution in [0.1, 0.15) is 21.5 Å². The van der Waals surface area contributed by atoms with E-state index in [-0.39, 0.29) is 34.4 Å². The number of aromatic hydroxyl groups is 2. The molecular weight excluding hydrogens is 394 g/mol. The molecule has 31 heavy (non-hydrogen) atoms. The summed E-state index contributed by atoms with van der Waals surface area (Å²) in [5.74, 6) is -1.23. The molecule has 3 aromatic rings. The Morgan fingerprint density at radius 2 is 1.65 bits per heavy atom. The average molecular weight is 415 g/mol. The van der Waals surface area contributed by atoms with Gasteiger partial charge in [0.1, 0.15) is 17.2 Å². The van der Waals surface area contributed by atoms with E-state index in [1.54, 1.807) is 42.5 Å². The fraction of sp³-hybridized carbons (Fsp3) is 0.0833. The minimum Gasteiger partial charge on any atom is -0.507 e. The zero-order chi connectivity index (χ0) is 22.2. The highest BCUT2D eigenvalue weighted by Crippen LogP contribution is 2.35. The van der Waals surface area contributed by atoms with Crippen molar-refractivity contribution in [2.45, 2.75) is 6.42 Å². The highest BCUT2D eigenvalue weighted by atomic mass is 16.3. The van der Waals surface area contributed by atoms with Crippen LogP contribution in [0.3, 0.4) is 0 Å². The quantitative estimate of drug-likeness (QED) is 0.284. The first kappa shape index (κ1) is 21.4. The number of azo groups is 1.